The average Bonchev–Trinajstić information content (AvgIpc) is 2.26. The van der Waals surface area contributed by atoms with Crippen molar-refractivity contribution in [3.63, 3.8) is 0 Å². The Labute approximate surface area is 113 Å². The summed E-state index contributed by atoms with van der Waals surface area (Å²) in [4.78, 5) is 25.8. The number of anilines is 1. The molecular weight excluding hydrogens is 240 g/mol. The van der Waals surface area contributed by atoms with E-state index in [0.717, 1.165) is 5.56 Å². The molecule has 0 aromatic heterocycles. The molecule has 4 heteroatoms. The van der Waals surface area contributed by atoms with Crippen LogP contribution in [0.4, 0.5) is 5.69 Å². The normalized spacial score (nSPS) is 20.5. The molecule has 0 saturated carbocycles. The molecule has 1 aromatic carbocycles. The number of amides is 2. The second-order valence-corrected chi connectivity index (χ2v) is 6.02. The summed E-state index contributed by atoms with van der Waals surface area (Å²) >= 11 is 0. The molecule has 102 valence electrons. The van der Waals surface area contributed by atoms with Gasteiger partial charge in [-0.1, -0.05) is 26.0 Å². The summed E-state index contributed by atoms with van der Waals surface area (Å²) in [7, 11) is 0. The highest BCUT2D eigenvalue weighted by molar-refractivity contribution is 5.98. The first-order valence-electron chi connectivity index (χ1n) is 6.50. The summed E-state index contributed by atoms with van der Waals surface area (Å²) in [6.45, 7) is 5.78. The van der Waals surface area contributed by atoms with Gasteiger partial charge in [0.05, 0.1) is 6.04 Å². The first kappa shape index (κ1) is 13.6. The smallest absolute Gasteiger partial charge is 0.230 e. The van der Waals surface area contributed by atoms with Crippen LogP contribution < -0.4 is 5.73 Å². The van der Waals surface area contributed by atoms with Crippen LogP contribution >= 0.6 is 0 Å². The first-order chi connectivity index (χ1) is 8.80. The number of hydrogen-bond donors (Lipinski definition) is 1. The fraction of sp³-hybridized carbons (Fsp3) is 0.467. The average molecular weight is 260 g/mol. The molecule has 1 unspecified atom stereocenters. The number of rotatable bonds is 2. The van der Waals surface area contributed by atoms with Gasteiger partial charge in [0.2, 0.25) is 11.8 Å². The van der Waals surface area contributed by atoms with Crippen LogP contribution in [0.25, 0.3) is 0 Å². The van der Waals surface area contributed by atoms with Crippen molar-refractivity contribution in [3.05, 3.63) is 29.8 Å². The second kappa shape index (κ2) is 4.68. The summed E-state index contributed by atoms with van der Waals surface area (Å²) in [5, 5.41) is 0. The molecule has 1 atom stereocenters. The largest absolute Gasteiger partial charge is 0.399 e. The Kier molecular flexibility index (Phi) is 3.35. The zero-order chi connectivity index (χ0) is 14.2. The maximum absolute atomic E-state index is 12.2. The van der Waals surface area contributed by atoms with Gasteiger partial charge in [0, 0.05) is 18.5 Å². The number of nitrogen functional groups attached to an aromatic ring is 1. The van der Waals surface area contributed by atoms with Crippen LogP contribution in [0.1, 0.15) is 45.2 Å². The predicted molar refractivity (Wildman–Crippen MR) is 74.1 cm³/mol. The van der Waals surface area contributed by atoms with Gasteiger partial charge in [-0.15, -0.1) is 0 Å². The van der Waals surface area contributed by atoms with E-state index in [1.54, 1.807) is 12.1 Å². The van der Waals surface area contributed by atoms with Crippen LogP contribution in [-0.4, -0.2) is 16.7 Å². The fourth-order valence-electron chi connectivity index (χ4n) is 2.55. The van der Waals surface area contributed by atoms with E-state index in [1.165, 1.54) is 4.90 Å². The van der Waals surface area contributed by atoms with Gasteiger partial charge in [-0.05, 0) is 30.0 Å². The maximum atomic E-state index is 12.2. The number of hydrogen-bond acceptors (Lipinski definition) is 3. The molecule has 1 aliphatic heterocycles. The van der Waals surface area contributed by atoms with E-state index in [0.29, 0.717) is 18.5 Å². The Hall–Kier alpha value is -1.84. The lowest BCUT2D eigenvalue weighted by Gasteiger charge is -2.38. The summed E-state index contributed by atoms with van der Waals surface area (Å²) in [6.07, 6.45) is 0.829. The Morgan fingerprint density at radius 2 is 1.58 bits per heavy atom. The van der Waals surface area contributed by atoms with E-state index in [9.17, 15) is 9.59 Å². The van der Waals surface area contributed by atoms with Gasteiger partial charge in [-0.25, -0.2) is 0 Å². The van der Waals surface area contributed by atoms with Gasteiger partial charge < -0.3 is 5.73 Å². The molecule has 1 saturated heterocycles. The Morgan fingerprint density at radius 1 is 1.11 bits per heavy atom. The lowest BCUT2D eigenvalue weighted by atomic mass is 9.81. The van der Waals surface area contributed by atoms with Crippen molar-refractivity contribution in [1.82, 2.24) is 4.90 Å². The second-order valence-electron chi connectivity index (χ2n) is 6.02. The van der Waals surface area contributed by atoms with Crippen LogP contribution in [0.3, 0.4) is 0 Å². The van der Waals surface area contributed by atoms with Crippen molar-refractivity contribution >= 4 is 17.5 Å². The molecule has 1 aromatic rings. The van der Waals surface area contributed by atoms with Crippen LogP contribution in [0.2, 0.25) is 0 Å². The van der Waals surface area contributed by atoms with E-state index in [4.69, 9.17) is 5.73 Å². The molecule has 0 spiro atoms. The minimum atomic E-state index is -0.239. The highest BCUT2D eigenvalue weighted by Crippen LogP contribution is 2.35. The van der Waals surface area contributed by atoms with Gasteiger partial charge in [-0.3, -0.25) is 14.5 Å². The van der Waals surface area contributed by atoms with Gasteiger partial charge >= 0.3 is 0 Å². The van der Waals surface area contributed by atoms with Crippen molar-refractivity contribution in [2.24, 2.45) is 5.41 Å². The van der Waals surface area contributed by atoms with E-state index in [2.05, 4.69) is 0 Å². The van der Waals surface area contributed by atoms with E-state index >= 15 is 0 Å². The van der Waals surface area contributed by atoms with Crippen LogP contribution in [-0.2, 0) is 9.59 Å². The monoisotopic (exact) mass is 260 g/mol. The number of benzene rings is 1. The number of carbonyl (C=O) groups excluding carboxylic acids is 2. The lowest BCUT2D eigenvalue weighted by Crippen LogP contribution is -2.47. The molecule has 1 heterocycles. The molecular formula is C15H20N2O2. The molecule has 0 radical (unpaired) electrons. The third-order valence-electron chi connectivity index (χ3n) is 3.60. The molecule has 0 aliphatic carbocycles. The lowest BCUT2D eigenvalue weighted by molar-refractivity contribution is -0.155. The number of nitrogens with two attached hydrogens (primary N) is 1. The zero-order valence-electron chi connectivity index (χ0n) is 11.6. The highest BCUT2D eigenvalue weighted by atomic mass is 16.2. The number of piperidine rings is 1. The van der Waals surface area contributed by atoms with Crippen molar-refractivity contribution in [2.75, 3.05) is 5.73 Å². The van der Waals surface area contributed by atoms with Crippen molar-refractivity contribution in [1.29, 1.82) is 0 Å². The summed E-state index contributed by atoms with van der Waals surface area (Å²) < 4.78 is 0. The van der Waals surface area contributed by atoms with Crippen LogP contribution in [0.15, 0.2) is 24.3 Å². The summed E-state index contributed by atoms with van der Waals surface area (Å²) in [5.74, 6) is -0.184. The molecule has 1 fully saturated rings. The predicted octanol–water partition coefficient (Wildman–Crippen LogP) is 2.51. The Morgan fingerprint density at radius 3 is 2.05 bits per heavy atom. The van der Waals surface area contributed by atoms with E-state index in [1.807, 2.05) is 32.9 Å². The minimum absolute atomic E-state index is 0.0921. The number of imide groups is 1. The third-order valence-corrected chi connectivity index (χ3v) is 3.60. The SMILES string of the molecule is CC(c1ccc(N)cc1)N1C(=O)CC(C)(C)CC1=O. The first-order valence-corrected chi connectivity index (χ1v) is 6.50. The van der Waals surface area contributed by atoms with Crippen LogP contribution in [0, 0.1) is 5.41 Å². The van der Waals surface area contributed by atoms with Crippen molar-refractivity contribution in [2.45, 2.75) is 39.7 Å². The standard InChI is InChI=1S/C15H20N2O2/c1-10(11-4-6-12(16)7-5-11)17-13(18)8-15(2,3)9-14(17)19/h4-7,10H,8-9,16H2,1-3H3. The molecule has 2 amide bonds. The van der Waals surface area contributed by atoms with E-state index in [-0.39, 0.29) is 23.3 Å². The fourth-order valence-corrected chi connectivity index (χ4v) is 2.55. The molecule has 19 heavy (non-hydrogen) atoms. The number of carbonyl (C=O) groups is 2. The van der Waals surface area contributed by atoms with Gasteiger partial charge in [0.1, 0.15) is 0 Å². The van der Waals surface area contributed by atoms with Gasteiger partial charge in [0.15, 0.2) is 0 Å². The van der Waals surface area contributed by atoms with Crippen LogP contribution in [0.5, 0.6) is 0 Å². The van der Waals surface area contributed by atoms with Crippen molar-refractivity contribution < 1.29 is 9.59 Å². The Bertz CT molecular complexity index is 485. The zero-order valence-corrected chi connectivity index (χ0v) is 11.6. The molecule has 0 bridgehead atoms. The third kappa shape index (κ3) is 2.78. The maximum Gasteiger partial charge on any atom is 0.230 e. The molecule has 2 N–H and O–H groups in total. The number of likely N-dealkylation sites (tertiary alicyclic amines) is 1. The number of nitrogens with zero attached hydrogens (tertiary/aromatic N) is 1. The van der Waals surface area contributed by atoms with Gasteiger partial charge in [-0.2, -0.15) is 0 Å². The topological polar surface area (TPSA) is 63.4 Å². The molecule has 4 nitrogen and oxygen atoms in total. The molecule has 2 rings (SSSR count). The highest BCUT2D eigenvalue weighted by Gasteiger charge is 2.39. The van der Waals surface area contributed by atoms with Crippen molar-refractivity contribution in [3.8, 4) is 0 Å². The van der Waals surface area contributed by atoms with Gasteiger partial charge in [0.25, 0.3) is 0 Å². The van der Waals surface area contributed by atoms with E-state index < -0.39 is 0 Å². The molecule has 1 aliphatic rings. The minimum Gasteiger partial charge on any atom is -0.399 e. The quantitative estimate of drug-likeness (QED) is 0.656. The summed E-state index contributed by atoms with van der Waals surface area (Å²) in [5.41, 5.74) is 7.02. The summed E-state index contributed by atoms with van der Waals surface area (Å²) in [6, 6.07) is 7.06. The Balaban J connectivity index is 2.24.